The van der Waals surface area contributed by atoms with Crippen molar-refractivity contribution in [2.75, 3.05) is 28.3 Å². The van der Waals surface area contributed by atoms with E-state index in [9.17, 15) is 0 Å². The first kappa shape index (κ1) is 33.2. The lowest BCUT2D eigenvalue weighted by molar-refractivity contribution is -0.106. The topological polar surface area (TPSA) is 29.5 Å². The predicted octanol–water partition coefficient (Wildman–Crippen LogP) is 6.70. The van der Waals surface area contributed by atoms with Gasteiger partial charge in [-0.1, -0.05) is 67.2 Å². The minimum atomic E-state index is 0.421. The van der Waals surface area contributed by atoms with Gasteiger partial charge in [0.05, 0.1) is 6.10 Å². The van der Waals surface area contributed by atoms with Gasteiger partial charge in [-0.2, -0.15) is 0 Å². The Bertz CT molecular complexity index is 224. The summed E-state index contributed by atoms with van der Waals surface area (Å²) < 4.78 is 5.30. The van der Waals surface area contributed by atoms with Crippen molar-refractivity contribution in [2.24, 2.45) is 17.8 Å². The second kappa shape index (κ2) is 26.8. The molecule has 3 heteroatoms. The van der Waals surface area contributed by atoms with Crippen LogP contribution in [0.4, 0.5) is 0 Å². The van der Waals surface area contributed by atoms with Crippen molar-refractivity contribution < 1.29 is 9.53 Å². The zero-order valence-corrected chi connectivity index (χ0v) is 20.4. The molecule has 0 aromatic heterocycles. The number of aldehydes is 1. The van der Waals surface area contributed by atoms with Crippen LogP contribution >= 0.6 is 0 Å². The Kier molecular flexibility index (Phi) is 34.2. The summed E-state index contributed by atoms with van der Waals surface area (Å²) in [6, 6.07) is 0. The summed E-state index contributed by atoms with van der Waals surface area (Å²) in [6.45, 7) is 17.3. The molecule has 4 atom stereocenters. The van der Waals surface area contributed by atoms with E-state index in [1.807, 2.05) is 33.2 Å². The molecule has 0 aliphatic heterocycles. The van der Waals surface area contributed by atoms with Gasteiger partial charge in [0, 0.05) is 7.11 Å². The van der Waals surface area contributed by atoms with Crippen molar-refractivity contribution in [3.05, 3.63) is 0 Å². The smallest absolute Gasteiger partial charge is 0.116 e. The Morgan fingerprint density at radius 2 is 1.15 bits per heavy atom. The number of nitrogens with zero attached hydrogens (tertiary/aromatic N) is 1. The van der Waals surface area contributed by atoms with Crippen LogP contribution in [-0.4, -0.2) is 45.5 Å². The highest BCUT2D eigenvalue weighted by molar-refractivity contribution is 5.44. The number of carbonyl (C=O) groups excluding carboxylic acids is 1. The van der Waals surface area contributed by atoms with Crippen LogP contribution < -0.4 is 0 Å². The summed E-state index contributed by atoms with van der Waals surface area (Å²) in [6.07, 6.45) is 9.02. The van der Waals surface area contributed by atoms with E-state index in [2.05, 4.69) is 48.5 Å². The van der Waals surface area contributed by atoms with E-state index >= 15 is 0 Å². The molecule has 0 amide bonds. The minimum absolute atomic E-state index is 0.421. The van der Waals surface area contributed by atoms with Gasteiger partial charge in [0.15, 0.2) is 0 Å². The SMILES string of the molecule is CC=O.CCC.CCC(C)CCC(C)C(C)CCC(C)OC.CN(C)C. The number of hydrogen-bond acceptors (Lipinski definition) is 3. The molecule has 0 N–H and O–H groups in total. The van der Waals surface area contributed by atoms with Gasteiger partial charge in [0.25, 0.3) is 0 Å². The molecule has 0 saturated carbocycles. The van der Waals surface area contributed by atoms with Crippen LogP contribution in [0.1, 0.15) is 93.9 Å². The van der Waals surface area contributed by atoms with Gasteiger partial charge < -0.3 is 14.4 Å². The highest BCUT2D eigenvalue weighted by Crippen LogP contribution is 2.25. The Balaban J connectivity index is -0.000000199. The lowest BCUT2D eigenvalue weighted by atomic mass is 9.85. The van der Waals surface area contributed by atoms with Crippen molar-refractivity contribution >= 4 is 6.29 Å². The third-order valence-corrected chi connectivity index (χ3v) is 4.21. The van der Waals surface area contributed by atoms with E-state index in [1.54, 1.807) is 0 Å². The number of methoxy groups -OCH3 is 1. The van der Waals surface area contributed by atoms with Crippen molar-refractivity contribution in [3.63, 3.8) is 0 Å². The third kappa shape index (κ3) is 38.9. The average Bonchev–Trinajstić information content (AvgIpc) is 2.57. The standard InChI is InChI=1S/C15H32O.C3H9N.C3H8.C2H4O/c1-7-12(2)8-9-13(3)14(4)10-11-15(5)16-6;1-4(2)3;1-3-2;1-2-3/h12-15H,7-11H2,1-6H3;1-3H3;3H2,1-2H3;2H,1H3. The predicted molar refractivity (Wildman–Crippen MR) is 120 cm³/mol. The molecule has 0 aliphatic carbocycles. The molecule has 0 rings (SSSR count). The molecule has 0 aliphatic rings. The third-order valence-electron chi connectivity index (χ3n) is 4.21. The Morgan fingerprint density at radius 1 is 0.846 bits per heavy atom. The maximum absolute atomic E-state index is 8.81. The van der Waals surface area contributed by atoms with Gasteiger partial charge in [-0.3, -0.25) is 0 Å². The molecular weight excluding hydrogens is 322 g/mol. The summed E-state index contributed by atoms with van der Waals surface area (Å²) in [5.74, 6) is 2.59. The number of carbonyl (C=O) groups is 1. The van der Waals surface area contributed by atoms with E-state index in [-0.39, 0.29) is 0 Å². The molecule has 0 aromatic rings. The van der Waals surface area contributed by atoms with Gasteiger partial charge in [-0.25, -0.2) is 0 Å². The van der Waals surface area contributed by atoms with E-state index in [0.29, 0.717) is 6.10 Å². The van der Waals surface area contributed by atoms with Crippen molar-refractivity contribution in [2.45, 2.75) is 100 Å². The maximum atomic E-state index is 8.81. The Morgan fingerprint density at radius 3 is 1.42 bits per heavy atom. The second-order valence-corrected chi connectivity index (χ2v) is 7.95. The first-order valence-electron chi connectivity index (χ1n) is 10.6. The largest absolute Gasteiger partial charge is 0.382 e. The van der Waals surface area contributed by atoms with Crippen molar-refractivity contribution in [3.8, 4) is 0 Å². The normalized spacial score (nSPS) is 14.3. The number of ether oxygens (including phenoxy) is 1. The van der Waals surface area contributed by atoms with Gasteiger partial charge in [0.1, 0.15) is 6.29 Å². The molecule has 0 spiro atoms. The molecule has 0 heterocycles. The summed E-state index contributed by atoms with van der Waals surface area (Å²) in [5, 5.41) is 0. The molecule has 0 bridgehead atoms. The second-order valence-electron chi connectivity index (χ2n) is 7.95. The lowest BCUT2D eigenvalue weighted by Gasteiger charge is -2.22. The molecule has 3 nitrogen and oxygen atoms in total. The van der Waals surface area contributed by atoms with Crippen LogP contribution in [0, 0.1) is 17.8 Å². The van der Waals surface area contributed by atoms with Crippen molar-refractivity contribution in [1.29, 1.82) is 0 Å². The van der Waals surface area contributed by atoms with Gasteiger partial charge in [-0.15, -0.1) is 0 Å². The molecule has 0 saturated heterocycles. The minimum Gasteiger partial charge on any atom is -0.382 e. The molecule has 0 radical (unpaired) electrons. The summed E-state index contributed by atoms with van der Waals surface area (Å²) in [5.41, 5.74) is 0. The van der Waals surface area contributed by atoms with E-state index < -0.39 is 0 Å². The quantitative estimate of drug-likeness (QED) is 0.420. The number of rotatable bonds is 9. The molecule has 26 heavy (non-hydrogen) atoms. The highest BCUT2D eigenvalue weighted by Gasteiger charge is 2.14. The summed E-state index contributed by atoms with van der Waals surface area (Å²) in [7, 11) is 7.81. The number of hydrogen-bond donors (Lipinski definition) is 0. The van der Waals surface area contributed by atoms with Gasteiger partial charge in [0.2, 0.25) is 0 Å². The summed E-state index contributed by atoms with van der Waals surface area (Å²) in [4.78, 5) is 10.8. The Labute approximate surface area is 167 Å². The first-order valence-corrected chi connectivity index (χ1v) is 10.6. The first-order chi connectivity index (χ1) is 12.1. The van der Waals surface area contributed by atoms with E-state index in [0.717, 1.165) is 24.0 Å². The summed E-state index contributed by atoms with van der Waals surface area (Å²) >= 11 is 0. The molecule has 4 unspecified atom stereocenters. The Hall–Kier alpha value is -0.410. The monoisotopic (exact) mass is 375 g/mol. The maximum Gasteiger partial charge on any atom is 0.116 e. The highest BCUT2D eigenvalue weighted by atomic mass is 16.5. The zero-order valence-electron chi connectivity index (χ0n) is 20.4. The van der Waals surface area contributed by atoms with Crippen LogP contribution in [0.25, 0.3) is 0 Å². The van der Waals surface area contributed by atoms with E-state index in [4.69, 9.17) is 9.53 Å². The average molecular weight is 376 g/mol. The molecule has 0 aromatic carbocycles. The molecule has 162 valence electrons. The van der Waals surface area contributed by atoms with Crippen LogP contribution in [0.15, 0.2) is 0 Å². The fraction of sp³-hybridized carbons (Fsp3) is 0.957. The van der Waals surface area contributed by atoms with E-state index in [1.165, 1.54) is 45.4 Å². The fourth-order valence-electron chi connectivity index (χ4n) is 1.94. The van der Waals surface area contributed by atoms with Gasteiger partial charge in [-0.05, 0) is 65.6 Å². The lowest BCUT2D eigenvalue weighted by Crippen LogP contribution is -2.13. The van der Waals surface area contributed by atoms with Crippen LogP contribution in [0.5, 0.6) is 0 Å². The molecule has 0 fully saturated rings. The van der Waals surface area contributed by atoms with Crippen LogP contribution in [0.2, 0.25) is 0 Å². The van der Waals surface area contributed by atoms with Gasteiger partial charge >= 0.3 is 0 Å². The fourth-order valence-corrected chi connectivity index (χ4v) is 1.94. The molecular formula is C23H53NO2. The van der Waals surface area contributed by atoms with Crippen molar-refractivity contribution in [1.82, 2.24) is 4.90 Å². The van der Waals surface area contributed by atoms with Crippen LogP contribution in [0.3, 0.4) is 0 Å². The van der Waals surface area contributed by atoms with Crippen LogP contribution in [-0.2, 0) is 9.53 Å². The zero-order chi connectivity index (χ0) is 21.5.